The third-order valence-corrected chi connectivity index (χ3v) is 3.40. The zero-order valence-corrected chi connectivity index (χ0v) is 9.15. The third kappa shape index (κ3) is 2.31. The largest absolute Gasteiger partial charge is 0.106 e. The Morgan fingerprint density at radius 2 is 1.54 bits per heavy atom. The van der Waals surface area contributed by atoms with Crippen molar-refractivity contribution in [2.24, 2.45) is 0 Å². The Kier molecular flexibility index (Phi) is 3.01. The molecule has 1 saturated carbocycles. The van der Waals surface area contributed by atoms with Gasteiger partial charge in [-0.15, -0.1) is 9.24 Å². The average molecular weight is 192 g/mol. The molecule has 0 heterocycles. The molecule has 1 heteroatoms. The molecule has 0 spiro atoms. The van der Waals surface area contributed by atoms with Gasteiger partial charge in [-0.25, -0.2) is 0 Å². The van der Waals surface area contributed by atoms with E-state index in [1.165, 1.54) is 37.4 Å². The van der Waals surface area contributed by atoms with Gasteiger partial charge in [0.1, 0.15) is 0 Å². The summed E-state index contributed by atoms with van der Waals surface area (Å²) in [7, 11) is 2.74. The van der Waals surface area contributed by atoms with Gasteiger partial charge in [0.15, 0.2) is 0 Å². The normalized spacial score (nSPS) is 18.8. The molecule has 1 aromatic rings. The first-order valence-corrected chi connectivity index (χ1v) is 5.79. The SMILES string of the molecule is Pc1ccc(C2CCCCC2)cc1. The molecule has 1 aromatic carbocycles. The molecule has 1 fully saturated rings. The zero-order valence-electron chi connectivity index (χ0n) is 8.00. The lowest BCUT2D eigenvalue weighted by Crippen LogP contribution is -2.05. The maximum absolute atomic E-state index is 2.74. The summed E-state index contributed by atoms with van der Waals surface area (Å²) in [5, 5.41) is 1.29. The van der Waals surface area contributed by atoms with E-state index in [9.17, 15) is 0 Å². The highest BCUT2D eigenvalue weighted by atomic mass is 31.0. The molecule has 0 aliphatic heterocycles. The van der Waals surface area contributed by atoms with Crippen molar-refractivity contribution in [2.45, 2.75) is 38.0 Å². The molecular weight excluding hydrogens is 175 g/mol. The molecule has 0 radical (unpaired) electrons. The van der Waals surface area contributed by atoms with E-state index in [-0.39, 0.29) is 0 Å². The van der Waals surface area contributed by atoms with Gasteiger partial charge in [-0.05, 0) is 29.6 Å². The molecule has 0 amide bonds. The number of benzene rings is 1. The van der Waals surface area contributed by atoms with E-state index < -0.39 is 0 Å². The Bertz CT molecular complexity index is 257. The topological polar surface area (TPSA) is 0 Å². The van der Waals surface area contributed by atoms with Crippen LogP contribution in [-0.4, -0.2) is 0 Å². The van der Waals surface area contributed by atoms with E-state index >= 15 is 0 Å². The maximum Gasteiger partial charge on any atom is -0.0162 e. The number of hydrogen-bond donors (Lipinski definition) is 0. The fourth-order valence-electron chi connectivity index (χ4n) is 2.20. The van der Waals surface area contributed by atoms with Crippen molar-refractivity contribution >= 4 is 14.5 Å². The molecule has 13 heavy (non-hydrogen) atoms. The van der Waals surface area contributed by atoms with Gasteiger partial charge in [0, 0.05) is 0 Å². The molecule has 0 aromatic heterocycles. The van der Waals surface area contributed by atoms with Crippen molar-refractivity contribution in [2.75, 3.05) is 0 Å². The lowest BCUT2D eigenvalue weighted by molar-refractivity contribution is 0.443. The molecule has 0 nitrogen and oxygen atoms in total. The van der Waals surface area contributed by atoms with Gasteiger partial charge in [-0.2, -0.15) is 0 Å². The highest BCUT2D eigenvalue weighted by Crippen LogP contribution is 2.32. The fourth-order valence-corrected chi connectivity index (χ4v) is 2.40. The monoisotopic (exact) mass is 192 g/mol. The molecule has 0 N–H and O–H groups in total. The Labute approximate surface area is 82.9 Å². The van der Waals surface area contributed by atoms with Crippen molar-refractivity contribution in [3.05, 3.63) is 29.8 Å². The van der Waals surface area contributed by atoms with Gasteiger partial charge >= 0.3 is 0 Å². The van der Waals surface area contributed by atoms with Crippen LogP contribution in [0.2, 0.25) is 0 Å². The van der Waals surface area contributed by atoms with E-state index in [4.69, 9.17) is 0 Å². The molecule has 1 unspecified atom stereocenters. The second-order valence-electron chi connectivity index (χ2n) is 4.00. The van der Waals surface area contributed by atoms with Crippen LogP contribution < -0.4 is 5.30 Å². The van der Waals surface area contributed by atoms with Crippen LogP contribution in [0.5, 0.6) is 0 Å². The summed E-state index contributed by atoms with van der Waals surface area (Å²) in [4.78, 5) is 0. The smallest absolute Gasteiger partial charge is 0.0162 e. The quantitative estimate of drug-likeness (QED) is 0.599. The first-order chi connectivity index (χ1) is 6.36. The predicted octanol–water partition coefficient (Wildman–Crippen LogP) is 3.23. The van der Waals surface area contributed by atoms with Crippen LogP contribution in [0.1, 0.15) is 43.6 Å². The minimum absolute atomic E-state index is 0.847. The first-order valence-electron chi connectivity index (χ1n) is 5.22. The molecule has 1 atom stereocenters. The Morgan fingerprint density at radius 1 is 0.923 bits per heavy atom. The Balaban J connectivity index is 2.10. The molecule has 2 rings (SSSR count). The highest BCUT2D eigenvalue weighted by molar-refractivity contribution is 7.27. The van der Waals surface area contributed by atoms with Crippen molar-refractivity contribution in [1.82, 2.24) is 0 Å². The maximum atomic E-state index is 2.74. The van der Waals surface area contributed by atoms with Crippen molar-refractivity contribution < 1.29 is 0 Å². The average Bonchev–Trinajstić information content (AvgIpc) is 2.20. The second-order valence-corrected chi connectivity index (χ2v) is 4.67. The summed E-state index contributed by atoms with van der Waals surface area (Å²) < 4.78 is 0. The molecule has 1 aliphatic rings. The first kappa shape index (κ1) is 9.21. The van der Waals surface area contributed by atoms with E-state index in [1.807, 2.05) is 0 Å². The van der Waals surface area contributed by atoms with Crippen LogP contribution in [0.3, 0.4) is 0 Å². The minimum atomic E-state index is 0.847. The van der Waals surface area contributed by atoms with Crippen molar-refractivity contribution in [3.8, 4) is 0 Å². The fraction of sp³-hybridized carbons (Fsp3) is 0.500. The summed E-state index contributed by atoms with van der Waals surface area (Å²) >= 11 is 0. The van der Waals surface area contributed by atoms with Gasteiger partial charge in [-0.1, -0.05) is 43.5 Å². The van der Waals surface area contributed by atoms with E-state index in [2.05, 4.69) is 33.5 Å². The van der Waals surface area contributed by atoms with Crippen LogP contribution in [0, 0.1) is 0 Å². The third-order valence-electron chi connectivity index (χ3n) is 3.01. The zero-order chi connectivity index (χ0) is 9.10. The minimum Gasteiger partial charge on any atom is -0.106 e. The molecule has 0 saturated heterocycles. The van der Waals surface area contributed by atoms with E-state index in [1.54, 1.807) is 5.56 Å². The predicted molar refractivity (Wildman–Crippen MR) is 61.6 cm³/mol. The van der Waals surface area contributed by atoms with Crippen LogP contribution in [0.25, 0.3) is 0 Å². The standard InChI is InChI=1S/C12H17P/c13-12-8-6-11(7-9-12)10-4-2-1-3-5-10/h6-10H,1-5,13H2. The van der Waals surface area contributed by atoms with Gasteiger partial charge in [0.25, 0.3) is 0 Å². The van der Waals surface area contributed by atoms with Gasteiger partial charge in [0.05, 0.1) is 0 Å². The van der Waals surface area contributed by atoms with Crippen LogP contribution in [0.15, 0.2) is 24.3 Å². The summed E-state index contributed by atoms with van der Waals surface area (Å²) in [6.07, 6.45) is 7.09. The number of hydrogen-bond acceptors (Lipinski definition) is 0. The van der Waals surface area contributed by atoms with Crippen molar-refractivity contribution in [1.29, 1.82) is 0 Å². The van der Waals surface area contributed by atoms with Gasteiger partial charge < -0.3 is 0 Å². The molecule has 70 valence electrons. The summed E-state index contributed by atoms with van der Waals surface area (Å²) in [6, 6.07) is 8.99. The lowest BCUT2D eigenvalue weighted by Gasteiger charge is -2.21. The Hall–Kier alpha value is -0.350. The van der Waals surface area contributed by atoms with Crippen LogP contribution >= 0.6 is 9.24 Å². The van der Waals surface area contributed by atoms with E-state index in [0.29, 0.717) is 0 Å². The Morgan fingerprint density at radius 3 is 2.15 bits per heavy atom. The second kappa shape index (κ2) is 4.24. The molecule has 1 aliphatic carbocycles. The summed E-state index contributed by atoms with van der Waals surface area (Å²) in [5.74, 6) is 0.847. The summed E-state index contributed by atoms with van der Waals surface area (Å²) in [6.45, 7) is 0. The van der Waals surface area contributed by atoms with Crippen LogP contribution in [-0.2, 0) is 0 Å². The summed E-state index contributed by atoms with van der Waals surface area (Å²) in [5.41, 5.74) is 1.55. The van der Waals surface area contributed by atoms with Gasteiger partial charge in [0.2, 0.25) is 0 Å². The highest BCUT2D eigenvalue weighted by Gasteiger charge is 2.14. The van der Waals surface area contributed by atoms with Crippen LogP contribution in [0.4, 0.5) is 0 Å². The lowest BCUT2D eigenvalue weighted by atomic mass is 9.84. The van der Waals surface area contributed by atoms with Gasteiger partial charge in [-0.3, -0.25) is 0 Å². The van der Waals surface area contributed by atoms with Crippen molar-refractivity contribution in [3.63, 3.8) is 0 Å². The van der Waals surface area contributed by atoms with E-state index in [0.717, 1.165) is 5.92 Å². The number of rotatable bonds is 1. The molecule has 0 bridgehead atoms. The molecular formula is C12H17P.